The van der Waals surface area contributed by atoms with Crippen molar-refractivity contribution in [2.24, 2.45) is 5.92 Å². The van der Waals surface area contributed by atoms with E-state index in [1.165, 1.54) is 33.7 Å². The number of hydrogen-bond acceptors (Lipinski definition) is 6. The topological polar surface area (TPSA) is 144 Å². The van der Waals surface area contributed by atoms with Gasteiger partial charge < -0.3 is 10.6 Å². The Morgan fingerprint density at radius 3 is 2.61 bits per heavy atom. The van der Waals surface area contributed by atoms with E-state index in [0.717, 1.165) is 12.5 Å². The number of H-pyrrole nitrogens is 1. The molecule has 10 heteroatoms. The molecule has 0 radical (unpaired) electrons. The number of aromatic amines is 1. The molecule has 2 aromatic rings. The number of amides is 1. The van der Waals surface area contributed by atoms with Crippen molar-refractivity contribution in [1.82, 2.24) is 9.55 Å². The predicted octanol–water partition coefficient (Wildman–Crippen LogP) is 2.53. The maximum absolute atomic E-state index is 13.0. The lowest BCUT2D eigenvalue weighted by molar-refractivity contribution is -0.385. The molecular formula is C21H27N5O5. The molecule has 1 aromatic carbocycles. The minimum atomic E-state index is -0.758. The van der Waals surface area contributed by atoms with Crippen LogP contribution in [0.4, 0.5) is 17.2 Å². The van der Waals surface area contributed by atoms with Crippen LogP contribution in [0.15, 0.2) is 39.9 Å². The Balaban J connectivity index is 2.52. The van der Waals surface area contributed by atoms with Gasteiger partial charge in [0.2, 0.25) is 0 Å². The van der Waals surface area contributed by atoms with Gasteiger partial charge in [0.25, 0.3) is 17.2 Å². The van der Waals surface area contributed by atoms with Gasteiger partial charge in [-0.15, -0.1) is 0 Å². The summed E-state index contributed by atoms with van der Waals surface area (Å²) < 4.78 is 1.24. The molecule has 0 fully saturated rings. The normalized spacial score (nSPS) is 11.2. The summed E-state index contributed by atoms with van der Waals surface area (Å²) in [5.74, 6) is -0.582. The molecule has 0 bridgehead atoms. The van der Waals surface area contributed by atoms with E-state index in [9.17, 15) is 24.5 Å². The summed E-state index contributed by atoms with van der Waals surface area (Å²) in [5, 5.41) is 11.2. The van der Waals surface area contributed by atoms with Crippen molar-refractivity contribution < 1.29 is 9.72 Å². The molecule has 0 aliphatic heterocycles. The third kappa shape index (κ3) is 5.68. The van der Waals surface area contributed by atoms with Gasteiger partial charge in [-0.25, -0.2) is 4.79 Å². The maximum Gasteiger partial charge on any atom is 0.330 e. The molecule has 166 valence electrons. The Hall–Kier alpha value is -3.69. The first-order valence-corrected chi connectivity index (χ1v) is 10.0. The van der Waals surface area contributed by atoms with E-state index in [-0.39, 0.29) is 41.8 Å². The van der Waals surface area contributed by atoms with Crippen LogP contribution in [-0.2, 0) is 11.3 Å². The zero-order chi connectivity index (χ0) is 23.1. The quantitative estimate of drug-likeness (QED) is 0.356. The number of para-hydroxylation sites is 1. The fourth-order valence-electron chi connectivity index (χ4n) is 3.08. The number of anilines is 2. The summed E-state index contributed by atoms with van der Waals surface area (Å²) in [5.41, 5.74) is 4.75. The largest absolute Gasteiger partial charge is 0.383 e. The molecule has 0 aliphatic rings. The minimum absolute atomic E-state index is 0.0806. The Kier molecular flexibility index (Phi) is 7.89. The number of aromatic nitrogens is 2. The number of carbonyl (C=O) groups is 1. The lowest BCUT2D eigenvalue weighted by Gasteiger charge is -2.23. The highest BCUT2D eigenvalue weighted by Crippen LogP contribution is 2.21. The van der Waals surface area contributed by atoms with Crippen molar-refractivity contribution >= 4 is 29.2 Å². The number of nitro benzene ring substituents is 1. The molecular weight excluding hydrogens is 402 g/mol. The molecule has 0 aliphatic carbocycles. The molecule has 0 saturated heterocycles. The van der Waals surface area contributed by atoms with Crippen molar-refractivity contribution in [2.45, 2.75) is 40.2 Å². The number of benzene rings is 1. The minimum Gasteiger partial charge on any atom is -0.383 e. The Labute approximate surface area is 179 Å². The van der Waals surface area contributed by atoms with Gasteiger partial charge in [0, 0.05) is 25.2 Å². The number of nitrogens with one attached hydrogen (secondary N) is 1. The lowest BCUT2D eigenvalue weighted by atomic mass is 10.1. The summed E-state index contributed by atoms with van der Waals surface area (Å²) in [6, 6.07) is 6.01. The first kappa shape index (κ1) is 23.6. The third-order valence-electron chi connectivity index (χ3n) is 4.57. The molecule has 10 nitrogen and oxygen atoms in total. The Bertz CT molecular complexity index is 1100. The number of carbonyl (C=O) groups excluding carboxylic acids is 1. The first-order chi connectivity index (χ1) is 14.7. The highest BCUT2D eigenvalue weighted by atomic mass is 16.6. The van der Waals surface area contributed by atoms with Gasteiger partial charge in [0.1, 0.15) is 5.82 Å². The van der Waals surface area contributed by atoms with Crippen molar-refractivity contribution in [2.75, 3.05) is 17.2 Å². The third-order valence-corrected chi connectivity index (χ3v) is 4.57. The second-order valence-corrected chi connectivity index (χ2v) is 7.49. The molecule has 0 atom stereocenters. The molecule has 0 spiro atoms. The van der Waals surface area contributed by atoms with Crippen LogP contribution < -0.4 is 21.9 Å². The van der Waals surface area contributed by atoms with Crippen LogP contribution in [0.1, 0.15) is 39.2 Å². The van der Waals surface area contributed by atoms with Crippen LogP contribution in [0.5, 0.6) is 0 Å². The van der Waals surface area contributed by atoms with Gasteiger partial charge >= 0.3 is 5.69 Å². The van der Waals surface area contributed by atoms with Gasteiger partial charge in [-0.3, -0.25) is 29.3 Å². The van der Waals surface area contributed by atoms with Gasteiger partial charge in [-0.2, -0.15) is 0 Å². The number of nitrogens with two attached hydrogens (primary N) is 1. The van der Waals surface area contributed by atoms with E-state index in [1.807, 2.05) is 20.8 Å². The van der Waals surface area contributed by atoms with E-state index in [4.69, 9.17) is 5.73 Å². The monoisotopic (exact) mass is 429 g/mol. The van der Waals surface area contributed by atoms with Crippen LogP contribution in [-0.4, -0.2) is 26.9 Å². The predicted molar refractivity (Wildman–Crippen MR) is 120 cm³/mol. The smallest absolute Gasteiger partial charge is 0.330 e. The fraction of sp³-hybridized carbons (Fsp3) is 0.381. The number of nitro groups is 1. The number of rotatable bonds is 9. The van der Waals surface area contributed by atoms with Crippen LogP contribution >= 0.6 is 0 Å². The van der Waals surface area contributed by atoms with Crippen molar-refractivity contribution in [3.05, 3.63) is 66.9 Å². The number of nitrogens with zero attached hydrogens (tertiary/aromatic N) is 3. The van der Waals surface area contributed by atoms with Crippen LogP contribution in [0.25, 0.3) is 6.08 Å². The zero-order valence-electron chi connectivity index (χ0n) is 17.8. The number of nitrogen functional groups attached to an aromatic ring is 1. The lowest BCUT2D eigenvalue weighted by Crippen LogP contribution is -2.41. The van der Waals surface area contributed by atoms with E-state index < -0.39 is 22.1 Å². The van der Waals surface area contributed by atoms with Gasteiger partial charge in [-0.1, -0.05) is 39.3 Å². The highest BCUT2D eigenvalue weighted by molar-refractivity contribution is 6.05. The van der Waals surface area contributed by atoms with Gasteiger partial charge in [0.15, 0.2) is 5.69 Å². The fourth-order valence-corrected chi connectivity index (χ4v) is 3.08. The molecule has 1 aromatic heterocycles. The average molecular weight is 429 g/mol. The Morgan fingerprint density at radius 2 is 2.00 bits per heavy atom. The molecule has 3 N–H and O–H groups in total. The summed E-state index contributed by atoms with van der Waals surface area (Å²) in [7, 11) is 0. The first-order valence-electron chi connectivity index (χ1n) is 10.0. The molecule has 1 heterocycles. The van der Waals surface area contributed by atoms with Crippen LogP contribution in [0.3, 0.4) is 0 Å². The zero-order valence-corrected chi connectivity index (χ0v) is 17.8. The standard InChI is InChI=1S/C21H27N5O5/c1-4-5-12-24(17(27)11-10-15-8-6-7-9-16(15)26(30)31)18-19(22)25(13-14(2)3)21(29)23-20(18)28/h6-11,14H,4-5,12-13,22H2,1-3H3,(H,23,28,29)/b11-10+. The van der Waals surface area contributed by atoms with E-state index >= 15 is 0 Å². The van der Waals surface area contributed by atoms with E-state index in [1.54, 1.807) is 6.07 Å². The molecule has 0 saturated carbocycles. The van der Waals surface area contributed by atoms with Crippen molar-refractivity contribution in [3.63, 3.8) is 0 Å². The summed E-state index contributed by atoms with van der Waals surface area (Å²) in [4.78, 5) is 51.9. The summed E-state index contributed by atoms with van der Waals surface area (Å²) >= 11 is 0. The molecule has 0 unspecified atom stereocenters. The van der Waals surface area contributed by atoms with Crippen LogP contribution in [0.2, 0.25) is 0 Å². The highest BCUT2D eigenvalue weighted by Gasteiger charge is 2.23. The second-order valence-electron chi connectivity index (χ2n) is 7.49. The van der Waals surface area contributed by atoms with E-state index in [2.05, 4.69) is 4.98 Å². The second kappa shape index (κ2) is 10.4. The average Bonchev–Trinajstić information content (AvgIpc) is 2.71. The van der Waals surface area contributed by atoms with Gasteiger partial charge in [-0.05, 0) is 24.5 Å². The van der Waals surface area contributed by atoms with Crippen molar-refractivity contribution in [3.8, 4) is 0 Å². The number of hydrogen-bond donors (Lipinski definition) is 2. The summed E-state index contributed by atoms with van der Waals surface area (Å²) in [6.07, 6.45) is 3.83. The molecule has 1 amide bonds. The SMILES string of the molecule is CCCCN(C(=O)/C=C/c1ccccc1[N+](=O)[O-])c1c(N)n(CC(C)C)c(=O)[nH]c1=O. The number of unbranched alkanes of at least 4 members (excludes halogenated alkanes) is 1. The Morgan fingerprint density at radius 1 is 1.32 bits per heavy atom. The van der Waals surface area contributed by atoms with E-state index in [0.29, 0.717) is 6.42 Å². The molecule has 31 heavy (non-hydrogen) atoms. The molecule has 2 rings (SSSR count). The van der Waals surface area contributed by atoms with Crippen molar-refractivity contribution in [1.29, 1.82) is 0 Å². The summed E-state index contributed by atoms with van der Waals surface area (Å²) in [6.45, 7) is 6.19. The van der Waals surface area contributed by atoms with Crippen LogP contribution in [0, 0.1) is 16.0 Å². The van der Waals surface area contributed by atoms with Gasteiger partial charge in [0.05, 0.1) is 10.5 Å². The maximum atomic E-state index is 13.0.